The molecule has 0 bridgehead atoms. The van der Waals surface area contributed by atoms with Gasteiger partial charge >= 0.3 is 11.9 Å². The smallest absolute Gasteiger partial charge is 0.338 e. The summed E-state index contributed by atoms with van der Waals surface area (Å²) in [6, 6.07) is 18.5. The lowest BCUT2D eigenvalue weighted by Crippen LogP contribution is -2.40. The lowest BCUT2D eigenvalue weighted by atomic mass is 9.95. The van der Waals surface area contributed by atoms with E-state index in [9.17, 15) is 14.4 Å². The van der Waals surface area contributed by atoms with E-state index in [-0.39, 0.29) is 11.1 Å². The first-order valence-electron chi connectivity index (χ1n) is 11.5. The van der Waals surface area contributed by atoms with Crippen LogP contribution < -0.4 is 14.9 Å². The van der Waals surface area contributed by atoms with Crippen molar-refractivity contribution in [1.82, 2.24) is 4.57 Å². The van der Waals surface area contributed by atoms with E-state index in [4.69, 9.17) is 14.3 Å². The van der Waals surface area contributed by atoms with E-state index in [1.165, 1.54) is 35.1 Å². The van der Waals surface area contributed by atoms with Gasteiger partial charge in [-0.05, 0) is 36.2 Å². The molecule has 0 amide bonds. The molecule has 0 fully saturated rings. The average Bonchev–Trinajstić information content (AvgIpc) is 3.52. The van der Waals surface area contributed by atoms with E-state index in [0.29, 0.717) is 44.1 Å². The number of thiazole rings is 1. The van der Waals surface area contributed by atoms with E-state index in [1.807, 2.05) is 37.3 Å². The summed E-state index contributed by atoms with van der Waals surface area (Å²) in [5, 5.41) is 9.10. The molecule has 0 unspecified atom stereocenters. The highest BCUT2D eigenvalue weighted by molar-refractivity contribution is 7.07. The first-order valence-corrected chi connectivity index (χ1v) is 12.3. The number of aromatic carboxylic acids is 1. The van der Waals surface area contributed by atoms with Gasteiger partial charge in [-0.25, -0.2) is 14.6 Å². The standard InChI is InChI=1S/C28H22N2O6S/c1-3-20-23(27(34)35-2)24(17-7-5-4-6-8-17)30-25(31)22(37-28(30)29-20)15-19-13-14-21(36-19)16-9-11-18(12-10-16)26(32)33/h4-15,24H,3H2,1-2H3,(H,32,33)/b22-15-/t24-/m1/s1. The predicted octanol–water partition coefficient (Wildman–Crippen LogP) is 3.76. The molecular formula is C28H22N2O6S. The normalized spacial score (nSPS) is 15.3. The molecule has 1 atom stereocenters. The molecule has 1 N–H and O–H groups in total. The summed E-state index contributed by atoms with van der Waals surface area (Å²) in [6.45, 7) is 1.91. The number of ether oxygens (including phenoxy) is 1. The molecule has 186 valence electrons. The second-order valence-corrected chi connectivity index (χ2v) is 9.29. The summed E-state index contributed by atoms with van der Waals surface area (Å²) in [7, 11) is 1.32. The Morgan fingerprint density at radius 3 is 2.49 bits per heavy atom. The molecule has 2 aromatic heterocycles. The summed E-state index contributed by atoms with van der Waals surface area (Å²) >= 11 is 1.22. The quantitative estimate of drug-likeness (QED) is 0.392. The Kier molecular flexibility index (Phi) is 6.45. The van der Waals surface area contributed by atoms with Crippen LogP contribution in [-0.2, 0) is 9.53 Å². The van der Waals surface area contributed by atoms with Gasteiger partial charge in [0.05, 0.1) is 34.5 Å². The van der Waals surface area contributed by atoms with Crippen molar-refractivity contribution in [2.45, 2.75) is 19.4 Å². The van der Waals surface area contributed by atoms with E-state index >= 15 is 0 Å². The van der Waals surface area contributed by atoms with Crippen LogP contribution in [0.3, 0.4) is 0 Å². The van der Waals surface area contributed by atoms with Gasteiger partial charge in [-0.2, -0.15) is 0 Å². The third-order valence-electron chi connectivity index (χ3n) is 6.08. The van der Waals surface area contributed by atoms with Crippen molar-refractivity contribution in [1.29, 1.82) is 0 Å². The summed E-state index contributed by atoms with van der Waals surface area (Å²) in [6.07, 6.45) is 2.15. The van der Waals surface area contributed by atoms with Gasteiger partial charge in [-0.15, -0.1) is 0 Å². The third kappa shape index (κ3) is 4.45. The Morgan fingerprint density at radius 1 is 1.11 bits per heavy atom. The molecule has 2 aromatic carbocycles. The molecule has 0 spiro atoms. The van der Waals surface area contributed by atoms with Crippen molar-refractivity contribution in [3.8, 4) is 11.3 Å². The van der Waals surface area contributed by atoms with Gasteiger partial charge in [0, 0.05) is 11.6 Å². The number of benzene rings is 2. The number of methoxy groups -OCH3 is 1. The summed E-state index contributed by atoms with van der Waals surface area (Å²) < 4.78 is 12.9. The molecule has 0 saturated heterocycles. The summed E-state index contributed by atoms with van der Waals surface area (Å²) in [5.74, 6) is -0.521. The minimum atomic E-state index is -1.00. The van der Waals surface area contributed by atoms with Crippen LogP contribution in [0.25, 0.3) is 17.4 Å². The fraction of sp³-hybridized carbons (Fsp3) is 0.143. The van der Waals surface area contributed by atoms with Gasteiger partial charge in [0.25, 0.3) is 5.56 Å². The highest BCUT2D eigenvalue weighted by atomic mass is 32.1. The largest absolute Gasteiger partial charge is 0.478 e. The molecule has 37 heavy (non-hydrogen) atoms. The van der Waals surface area contributed by atoms with Crippen molar-refractivity contribution < 1.29 is 23.8 Å². The van der Waals surface area contributed by atoms with Gasteiger partial charge in [0.15, 0.2) is 4.80 Å². The number of carboxylic acids is 1. The van der Waals surface area contributed by atoms with Gasteiger partial charge in [-0.1, -0.05) is 60.7 Å². The lowest BCUT2D eigenvalue weighted by molar-refractivity contribution is -0.136. The Balaban J connectivity index is 1.61. The topological polar surface area (TPSA) is 111 Å². The van der Waals surface area contributed by atoms with E-state index in [1.54, 1.807) is 30.3 Å². The fourth-order valence-electron chi connectivity index (χ4n) is 4.31. The average molecular weight is 515 g/mol. The third-order valence-corrected chi connectivity index (χ3v) is 7.07. The zero-order valence-electron chi connectivity index (χ0n) is 20.0. The first-order chi connectivity index (χ1) is 17.9. The van der Waals surface area contributed by atoms with Crippen molar-refractivity contribution >= 4 is 29.4 Å². The molecule has 1 aliphatic heterocycles. The lowest BCUT2D eigenvalue weighted by Gasteiger charge is -2.25. The van der Waals surface area contributed by atoms with Gasteiger partial charge in [0.2, 0.25) is 0 Å². The second kappa shape index (κ2) is 9.87. The van der Waals surface area contributed by atoms with Gasteiger partial charge in [-0.3, -0.25) is 9.36 Å². The highest BCUT2D eigenvalue weighted by Gasteiger charge is 2.33. The van der Waals surface area contributed by atoms with Crippen LogP contribution in [0.1, 0.15) is 41.1 Å². The maximum atomic E-state index is 13.6. The highest BCUT2D eigenvalue weighted by Crippen LogP contribution is 2.31. The molecule has 3 heterocycles. The van der Waals surface area contributed by atoms with Crippen LogP contribution in [0.4, 0.5) is 0 Å². The van der Waals surface area contributed by atoms with Crippen molar-refractivity contribution in [2.75, 3.05) is 7.11 Å². The van der Waals surface area contributed by atoms with Crippen LogP contribution in [-0.4, -0.2) is 28.7 Å². The second-order valence-electron chi connectivity index (χ2n) is 8.28. The summed E-state index contributed by atoms with van der Waals surface area (Å²) in [4.78, 5) is 42.7. The number of aromatic nitrogens is 1. The molecule has 8 nitrogen and oxygen atoms in total. The zero-order chi connectivity index (χ0) is 26.1. The molecule has 0 saturated carbocycles. The number of hydrogen-bond acceptors (Lipinski definition) is 7. The van der Waals surface area contributed by atoms with E-state index in [2.05, 4.69) is 4.99 Å². The zero-order valence-corrected chi connectivity index (χ0v) is 20.8. The monoisotopic (exact) mass is 514 g/mol. The number of furan rings is 1. The minimum Gasteiger partial charge on any atom is -0.478 e. The Morgan fingerprint density at radius 2 is 1.84 bits per heavy atom. The van der Waals surface area contributed by atoms with Crippen LogP contribution in [0.15, 0.2) is 92.2 Å². The van der Waals surface area contributed by atoms with E-state index in [0.717, 1.165) is 5.56 Å². The maximum Gasteiger partial charge on any atom is 0.338 e. The number of esters is 1. The molecule has 0 radical (unpaired) electrons. The van der Waals surface area contributed by atoms with Crippen LogP contribution >= 0.6 is 11.3 Å². The molecular weight excluding hydrogens is 492 g/mol. The molecule has 9 heteroatoms. The predicted molar refractivity (Wildman–Crippen MR) is 138 cm³/mol. The number of rotatable bonds is 6. The number of hydrogen-bond donors (Lipinski definition) is 1. The molecule has 0 aliphatic carbocycles. The SMILES string of the molecule is CCC1=C(C(=O)OC)[C@@H](c2ccccc2)n2c(s/c(=C\c3ccc(-c4ccc(C(=O)O)cc4)o3)c2=O)=N1. The molecule has 1 aliphatic rings. The van der Waals surface area contributed by atoms with Gasteiger partial charge < -0.3 is 14.3 Å². The molecule has 4 aromatic rings. The molecule has 5 rings (SSSR count). The van der Waals surface area contributed by atoms with Gasteiger partial charge in [0.1, 0.15) is 11.5 Å². The van der Waals surface area contributed by atoms with Crippen LogP contribution in [0.2, 0.25) is 0 Å². The number of allylic oxidation sites excluding steroid dienone is 1. The number of carbonyl (C=O) groups excluding carboxylic acids is 1. The minimum absolute atomic E-state index is 0.183. The van der Waals surface area contributed by atoms with Crippen molar-refractivity contribution in [3.63, 3.8) is 0 Å². The maximum absolute atomic E-state index is 13.6. The Bertz CT molecular complexity index is 1710. The van der Waals surface area contributed by atoms with Crippen LogP contribution in [0.5, 0.6) is 0 Å². The number of nitrogens with zero attached hydrogens (tertiary/aromatic N) is 2. The number of fused-ring (bicyclic) bond motifs is 1. The summed E-state index contributed by atoms with van der Waals surface area (Å²) in [5.41, 5.74) is 2.31. The Labute approximate surface area is 215 Å². The number of carboxylic acid groups (broad SMARTS) is 1. The van der Waals surface area contributed by atoms with Crippen molar-refractivity contribution in [3.05, 3.63) is 115 Å². The fourth-order valence-corrected chi connectivity index (χ4v) is 5.31. The van der Waals surface area contributed by atoms with Crippen molar-refractivity contribution in [2.24, 2.45) is 4.99 Å². The Hall–Kier alpha value is -4.50. The van der Waals surface area contributed by atoms with Crippen LogP contribution in [0, 0.1) is 0 Å². The first kappa shape index (κ1) is 24.2. The van der Waals surface area contributed by atoms with E-state index < -0.39 is 18.0 Å². The number of carbonyl (C=O) groups is 2.